The third-order valence-corrected chi connectivity index (χ3v) is 4.70. The Kier molecular flexibility index (Phi) is 3.25. The molecule has 2 saturated heterocycles. The van der Waals surface area contributed by atoms with Crippen molar-refractivity contribution in [1.29, 1.82) is 0 Å². The molecule has 1 N–H and O–H groups in total. The zero-order valence-corrected chi connectivity index (χ0v) is 13.6. The van der Waals surface area contributed by atoms with Gasteiger partial charge in [-0.1, -0.05) is 6.07 Å². The van der Waals surface area contributed by atoms with Crippen molar-refractivity contribution in [3.05, 3.63) is 36.0 Å². The molecule has 1 spiro atoms. The molecule has 122 valence electrons. The molecule has 2 aliphatic rings. The first-order valence-electron chi connectivity index (χ1n) is 8.11. The maximum atomic E-state index is 13.0. The second kappa shape index (κ2) is 5.08. The summed E-state index contributed by atoms with van der Waals surface area (Å²) in [7, 11) is 0. The summed E-state index contributed by atoms with van der Waals surface area (Å²) in [6.45, 7) is 6.54. The first-order chi connectivity index (χ1) is 11.0. The van der Waals surface area contributed by atoms with E-state index in [1.807, 2.05) is 49.2 Å². The fraction of sp³-hybridized carbons (Fsp3) is 0.500. The smallest absolute Gasteiger partial charge is 0.254 e. The largest absolute Gasteiger partial charge is 0.378 e. The molecule has 1 unspecified atom stereocenters. The zero-order valence-electron chi connectivity index (χ0n) is 13.6. The van der Waals surface area contributed by atoms with Crippen LogP contribution in [0, 0.1) is 0 Å². The van der Waals surface area contributed by atoms with Crippen molar-refractivity contribution in [1.82, 2.24) is 9.88 Å². The van der Waals surface area contributed by atoms with Crippen molar-refractivity contribution in [2.24, 2.45) is 0 Å². The van der Waals surface area contributed by atoms with E-state index in [-0.39, 0.29) is 17.1 Å². The van der Waals surface area contributed by atoms with Gasteiger partial charge >= 0.3 is 0 Å². The standard InChI is InChI=1S/C18H22N2O3/c1-17(2)10-20(11-18(23-17)6-8-22-12-18)16(21)14-4-3-13-5-7-19-15(13)9-14/h3-5,7,9,19H,6,8,10-12H2,1-2H3. The van der Waals surface area contributed by atoms with Gasteiger partial charge in [0, 0.05) is 36.8 Å². The van der Waals surface area contributed by atoms with E-state index in [0.29, 0.717) is 31.9 Å². The van der Waals surface area contributed by atoms with Gasteiger partial charge in [0.05, 0.1) is 18.8 Å². The summed E-state index contributed by atoms with van der Waals surface area (Å²) in [5.74, 6) is 0.0594. The molecule has 23 heavy (non-hydrogen) atoms. The van der Waals surface area contributed by atoms with Crippen LogP contribution in [0.5, 0.6) is 0 Å². The Morgan fingerprint density at radius 1 is 1.26 bits per heavy atom. The van der Waals surface area contributed by atoms with Gasteiger partial charge < -0.3 is 19.4 Å². The predicted molar refractivity (Wildman–Crippen MR) is 87.5 cm³/mol. The molecule has 0 aliphatic carbocycles. The number of nitrogens with zero attached hydrogens (tertiary/aromatic N) is 1. The second-order valence-corrected chi connectivity index (χ2v) is 7.29. The van der Waals surface area contributed by atoms with Gasteiger partial charge in [-0.05, 0) is 37.4 Å². The van der Waals surface area contributed by atoms with Crippen LogP contribution in [0.15, 0.2) is 30.5 Å². The van der Waals surface area contributed by atoms with Crippen molar-refractivity contribution in [3.8, 4) is 0 Å². The number of carbonyl (C=O) groups excluding carboxylic acids is 1. The number of ether oxygens (including phenoxy) is 2. The number of nitrogens with one attached hydrogen (secondary N) is 1. The van der Waals surface area contributed by atoms with E-state index < -0.39 is 0 Å². The molecular weight excluding hydrogens is 292 g/mol. The van der Waals surface area contributed by atoms with E-state index in [9.17, 15) is 4.79 Å². The van der Waals surface area contributed by atoms with E-state index in [0.717, 1.165) is 17.3 Å². The number of benzene rings is 1. The molecular formula is C18H22N2O3. The molecule has 0 radical (unpaired) electrons. The molecule has 5 nitrogen and oxygen atoms in total. The van der Waals surface area contributed by atoms with Gasteiger partial charge in [0.25, 0.3) is 5.91 Å². The highest BCUT2D eigenvalue weighted by Crippen LogP contribution is 2.35. The first-order valence-corrected chi connectivity index (χ1v) is 8.11. The van der Waals surface area contributed by atoms with Crippen LogP contribution >= 0.6 is 0 Å². The third-order valence-electron chi connectivity index (χ3n) is 4.70. The minimum atomic E-state index is -0.363. The summed E-state index contributed by atoms with van der Waals surface area (Å²) in [6, 6.07) is 7.82. The molecule has 0 saturated carbocycles. The maximum absolute atomic E-state index is 13.0. The lowest BCUT2D eigenvalue weighted by Gasteiger charge is -2.48. The lowest BCUT2D eigenvalue weighted by Crippen LogP contribution is -2.61. The van der Waals surface area contributed by atoms with Crippen LogP contribution in [-0.4, -0.2) is 53.3 Å². The number of fused-ring (bicyclic) bond motifs is 1. The Morgan fingerprint density at radius 3 is 2.91 bits per heavy atom. The molecule has 0 bridgehead atoms. The Bertz CT molecular complexity index is 744. The van der Waals surface area contributed by atoms with Gasteiger partial charge in [0.2, 0.25) is 0 Å². The summed E-state index contributed by atoms with van der Waals surface area (Å²) in [5.41, 5.74) is 0.987. The second-order valence-electron chi connectivity index (χ2n) is 7.29. The third kappa shape index (κ3) is 2.64. The molecule has 2 fully saturated rings. The lowest BCUT2D eigenvalue weighted by atomic mass is 9.94. The highest BCUT2D eigenvalue weighted by Gasteiger charge is 2.48. The average molecular weight is 314 g/mol. The number of aromatic amines is 1. The zero-order chi connectivity index (χ0) is 16.1. The van der Waals surface area contributed by atoms with Gasteiger partial charge in [-0.15, -0.1) is 0 Å². The van der Waals surface area contributed by atoms with Gasteiger partial charge in [0.1, 0.15) is 5.60 Å². The first kappa shape index (κ1) is 14.7. The highest BCUT2D eigenvalue weighted by molar-refractivity contribution is 5.98. The van der Waals surface area contributed by atoms with Crippen LogP contribution in [0.3, 0.4) is 0 Å². The monoisotopic (exact) mass is 314 g/mol. The summed E-state index contributed by atoms with van der Waals surface area (Å²) < 4.78 is 11.8. The van der Waals surface area contributed by atoms with E-state index >= 15 is 0 Å². The van der Waals surface area contributed by atoms with Gasteiger partial charge in [-0.3, -0.25) is 4.79 Å². The van der Waals surface area contributed by atoms with Crippen LogP contribution in [-0.2, 0) is 9.47 Å². The number of H-pyrrole nitrogens is 1. The lowest BCUT2D eigenvalue weighted by molar-refractivity contribution is -0.186. The molecule has 2 aliphatic heterocycles. The van der Waals surface area contributed by atoms with Gasteiger partial charge in [-0.2, -0.15) is 0 Å². The van der Waals surface area contributed by atoms with Crippen molar-refractivity contribution < 1.29 is 14.3 Å². The van der Waals surface area contributed by atoms with E-state index in [4.69, 9.17) is 9.47 Å². The highest BCUT2D eigenvalue weighted by atomic mass is 16.6. The molecule has 1 amide bonds. The number of amides is 1. The SMILES string of the molecule is CC1(C)CN(C(=O)c2ccc3cc[nH]c3c2)CC2(CCOC2)O1. The van der Waals surface area contributed by atoms with Crippen LogP contribution < -0.4 is 0 Å². The summed E-state index contributed by atoms with van der Waals surface area (Å²) in [6.07, 6.45) is 2.73. The fourth-order valence-corrected chi connectivity index (χ4v) is 3.81. The van der Waals surface area contributed by atoms with E-state index in [1.54, 1.807) is 0 Å². The molecule has 4 rings (SSSR count). The van der Waals surface area contributed by atoms with Crippen molar-refractivity contribution in [2.45, 2.75) is 31.5 Å². The molecule has 2 aromatic rings. The van der Waals surface area contributed by atoms with Crippen molar-refractivity contribution in [2.75, 3.05) is 26.3 Å². The van der Waals surface area contributed by atoms with E-state index in [1.165, 1.54) is 0 Å². The van der Waals surface area contributed by atoms with Crippen LogP contribution in [0.4, 0.5) is 0 Å². The number of rotatable bonds is 1. The van der Waals surface area contributed by atoms with Crippen LogP contribution in [0.1, 0.15) is 30.6 Å². The Hall–Kier alpha value is -1.85. The van der Waals surface area contributed by atoms with Gasteiger partial charge in [-0.25, -0.2) is 0 Å². The predicted octanol–water partition coefficient (Wildman–Crippen LogP) is 2.58. The number of morpholine rings is 1. The Labute approximate surface area is 135 Å². The molecule has 3 heterocycles. The molecule has 1 aromatic carbocycles. The fourth-order valence-electron chi connectivity index (χ4n) is 3.81. The quantitative estimate of drug-likeness (QED) is 0.880. The summed E-state index contributed by atoms with van der Waals surface area (Å²) in [5, 5.41) is 1.12. The normalized spacial score (nSPS) is 27.0. The summed E-state index contributed by atoms with van der Waals surface area (Å²) >= 11 is 0. The Balaban J connectivity index is 1.63. The summed E-state index contributed by atoms with van der Waals surface area (Å²) in [4.78, 5) is 18.1. The maximum Gasteiger partial charge on any atom is 0.254 e. The number of aromatic nitrogens is 1. The van der Waals surface area contributed by atoms with Crippen molar-refractivity contribution >= 4 is 16.8 Å². The average Bonchev–Trinajstić information content (AvgIpc) is 3.13. The Morgan fingerprint density at radius 2 is 2.13 bits per heavy atom. The number of hydrogen-bond acceptors (Lipinski definition) is 3. The van der Waals surface area contributed by atoms with Crippen molar-refractivity contribution in [3.63, 3.8) is 0 Å². The number of hydrogen-bond donors (Lipinski definition) is 1. The minimum absolute atomic E-state index is 0.0594. The molecule has 5 heteroatoms. The topological polar surface area (TPSA) is 54.6 Å². The van der Waals surface area contributed by atoms with E-state index in [2.05, 4.69) is 4.98 Å². The van der Waals surface area contributed by atoms with Crippen LogP contribution in [0.2, 0.25) is 0 Å². The molecule has 1 aromatic heterocycles. The van der Waals surface area contributed by atoms with Gasteiger partial charge in [0.15, 0.2) is 0 Å². The molecule has 1 atom stereocenters. The minimum Gasteiger partial charge on any atom is -0.378 e. The number of carbonyl (C=O) groups is 1. The van der Waals surface area contributed by atoms with Crippen LogP contribution in [0.25, 0.3) is 10.9 Å².